The van der Waals surface area contributed by atoms with Crippen LogP contribution in [0.25, 0.3) is 0 Å². The summed E-state index contributed by atoms with van der Waals surface area (Å²) >= 11 is 0. The Hall–Kier alpha value is -2.53. The predicted molar refractivity (Wildman–Crippen MR) is 92.0 cm³/mol. The van der Waals surface area contributed by atoms with Gasteiger partial charge in [-0.1, -0.05) is 35.9 Å². The van der Waals surface area contributed by atoms with E-state index in [0.29, 0.717) is 18.0 Å². The van der Waals surface area contributed by atoms with E-state index in [0.717, 1.165) is 11.1 Å². The van der Waals surface area contributed by atoms with Gasteiger partial charge in [0.15, 0.2) is 11.5 Å². The fraction of sp³-hybridized carbons (Fsp3) is 0.316. The Morgan fingerprint density at radius 3 is 2.33 bits per heavy atom. The molecule has 24 heavy (non-hydrogen) atoms. The molecule has 0 saturated carbocycles. The van der Waals surface area contributed by atoms with Crippen LogP contribution in [0.1, 0.15) is 22.7 Å². The minimum atomic E-state index is -0.479. The maximum Gasteiger partial charge on any atom is 0.242 e. The maximum atomic E-state index is 12.2. The molecule has 2 aromatic rings. The highest BCUT2D eigenvalue weighted by atomic mass is 16.5. The first-order valence-electron chi connectivity index (χ1n) is 7.88. The highest BCUT2D eigenvalue weighted by Crippen LogP contribution is 2.36. The second-order valence-corrected chi connectivity index (χ2v) is 6.04. The zero-order valence-electron chi connectivity index (χ0n) is 14.2. The second-order valence-electron chi connectivity index (χ2n) is 6.04. The maximum absolute atomic E-state index is 12.2. The van der Waals surface area contributed by atoms with Crippen molar-refractivity contribution >= 4 is 5.91 Å². The van der Waals surface area contributed by atoms with Crippen molar-refractivity contribution in [2.45, 2.75) is 25.6 Å². The number of β-lactam (4-membered cyclic amide) rings is 1. The Labute approximate surface area is 142 Å². The summed E-state index contributed by atoms with van der Waals surface area (Å²) in [6.07, 6.45) is 0. The first-order chi connectivity index (χ1) is 11.5. The van der Waals surface area contributed by atoms with Gasteiger partial charge in [-0.2, -0.15) is 0 Å². The lowest BCUT2D eigenvalue weighted by atomic mass is 9.88. The number of carbonyl (C=O) groups excluding carboxylic acids is 1. The second kappa shape index (κ2) is 6.53. The molecule has 126 valence electrons. The zero-order valence-corrected chi connectivity index (χ0v) is 14.2. The van der Waals surface area contributed by atoms with E-state index in [1.165, 1.54) is 5.56 Å². The fourth-order valence-corrected chi connectivity index (χ4v) is 3.08. The fourth-order valence-electron chi connectivity index (χ4n) is 3.08. The number of nitrogens with two attached hydrogens (primary N) is 1. The molecule has 0 aliphatic carbocycles. The van der Waals surface area contributed by atoms with Gasteiger partial charge >= 0.3 is 0 Å². The largest absolute Gasteiger partial charge is 0.493 e. The van der Waals surface area contributed by atoms with Crippen molar-refractivity contribution in [3.8, 4) is 11.5 Å². The number of methoxy groups -OCH3 is 2. The summed E-state index contributed by atoms with van der Waals surface area (Å²) < 4.78 is 10.6. The molecule has 2 aromatic carbocycles. The summed E-state index contributed by atoms with van der Waals surface area (Å²) in [6, 6.07) is 13.3. The molecule has 0 radical (unpaired) electrons. The van der Waals surface area contributed by atoms with Crippen LogP contribution >= 0.6 is 0 Å². The summed E-state index contributed by atoms with van der Waals surface area (Å²) in [6.45, 7) is 2.53. The molecule has 1 aliphatic rings. The van der Waals surface area contributed by atoms with Crippen LogP contribution < -0.4 is 15.2 Å². The predicted octanol–water partition coefficient (Wildman–Crippen LogP) is 2.42. The molecule has 5 nitrogen and oxygen atoms in total. The number of amides is 1. The van der Waals surface area contributed by atoms with Gasteiger partial charge in [0.1, 0.15) is 6.04 Å². The Balaban J connectivity index is 1.83. The molecule has 2 N–H and O–H groups in total. The third kappa shape index (κ3) is 2.83. The first kappa shape index (κ1) is 16.3. The quantitative estimate of drug-likeness (QED) is 0.857. The number of nitrogens with zero attached hydrogens (tertiary/aromatic N) is 1. The van der Waals surface area contributed by atoms with Gasteiger partial charge in [-0.3, -0.25) is 4.79 Å². The number of ether oxygens (including phenoxy) is 2. The van der Waals surface area contributed by atoms with Crippen molar-refractivity contribution in [2.75, 3.05) is 14.2 Å². The van der Waals surface area contributed by atoms with Crippen LogP contribution in [0.3, 0.4) is 0 Å². The van der Waals surface area contributed by atoms with Crippen LogP contribution in [0, 0.1) is 6.92 Å². The van der Waals surface area contributed by atoms with E-state index in [1.807, 2.05) is 49.4 Å². The normalized spacial score (nSPS) is 19.8. The third-order valence-electron chi connectivity index (χ3n) is 4.46. The minimum absolute atomic E-state index is 0.0321. The first-order valence-corrected chi connectivity index (χ1v) is 7.88. The Morgan fingerprint density at radius 2 is 1.71 bits per heavy atom. The van der Waals surface area contributed by atoms with Crippen LogP contribution in [0.15, 0.2) is 42.5 Å². The number of likely N-dealkylation sites (tertiary alicyclic amines) is 1. The number of hydrogen-bond acceptors (Lipinski definition) is 4. The summed E-state index contributed by atoms with van der Waals surface area (Å²) in [5.74, 6) is 1.29. The standard InChI is InChI=1S/C19H22N2O3/c1-12-4-7-14(8-5-12)18-17(20)19(22)21(18)11-13-6-9-15(23-2)16(10-13)24-3/h4-10,17-18H,11,20H2,1-3H3/t17-,18-/m1/s1. The summed E-state index contributed by atoms with van der Waals surface area (Å²) in [4.78, 5) is 14.0. The lowest BCUT2D eigenvalue weighted by Crippen LogP contribution is -2.62. The topological polar surface area (TPSA) is 64.8 Å². The minimum Gasteiger partial charge on any atom is -0.493 e. The SMILES string of the molecule is COc1ccc(CN2C(=O)[C@H](N)[C@H]2c2ccc(C)cc2)cc1OC. The van der Waals surface area contributed by atoms with Crippen LogP contribution in [0.2, 0.25) is 0 Å². The van der Waals surface area contributed by atoms with Gasteiger partial charge in [-0.05, 0) is 30.2 Å². The Bertz CT molecular complexity index is 743. The average molecular weight is 326 g/mol. The van der Waals surface area contributed by atoms with Gasteiger partial charge in [0.2, 0.25) is 5.91 Å². The van der Waals surface area contributed by atoms with Gasteiger partial charge < -0.3 is 20.1 Å². The molecule has 3 rings (SSSR count). The highest BCUT2D eigenvalue weighted by Gasteiger charge is 2.45. The van der Waals surface area contributed by atoms with E-state index in [9.17, 15) is 4.79 Å². The molecular formula is C19H22N2O3. The van der Waals surface area contributed by atoms with E-state index in [4.69, 9.17) is 15.2 Å². The van der Waals surface area contributed by atoms with Crippen LogP contribution in [0.5, 0.6) is 11.5 Å². The van der Waals surface area contributed by atoms with Crippen LogP contribution in [0.4, 0.5) is 0 Å². The van der Waals surface area contributed by atoms with E-state index in [1.54, 1.807) is 19.1 Å². The van der Waals surface area contributed by atoms with Crippen molar-refractivity contribution in [1.82, 2.24) is 4.90 Å². The van der Waals surface area contributed by atoms with E-state index in [2.05, 4.69) is 0 Å². The lowest BCUT2D eigenvalue weighted by Gasteiger charge is -2.46. The molecule has 1 aliphatic heterocycles. The van der Waals surface area contributed by atoms with Gasteiger partial charge in [0.25, 0.3) is 0 Å². The van der Waals surface area contributed by atoms with Gasteiger partial charge in [-0.15, -0.1) is 0 Å². The Morgan fingerprint density at radius 1 is 1.04 bits per heavy atom. The summed E-state index contributed by atoms with van der Waals surface area (Å²) in [5.41, 5.74) is 9.27. The van der Waals surface area contributed by atoms with Crippen molar-refractivity contribution in [3.05, 3.63) is 59.2 Å². The monoisotopic (exact) mass is 326 g/mol. The van der Waals surface area contributed by atoms with E-state index in [-0.39, 0.29) is 11.9 Å². The molecule has 5 heteroatoms. The highest BCUT2D eigenvalue weighted by molar-refractivity contribution is 5.89. The molecule has 0 bridgehead atoms. The molecule has 0 aromatic heterocycles. The van der Waals surface area contributed by atoms with Gasteiger partial charge in [0.05, 0.1) is 20.3 Å². The average Bonchev–Trinajstić information content (AvgIpc) is 2.62. The van der Waals surface area contributed by atoms with Crippen molar-refractivity contribution in [2.24, 2.45) is 5.73 Å². The molecule has 1 heterocycles. The number of aryl methyl sites for hydroxylation is 1. The number of rotatable bonds is 5. The summed E-state index contributed by atoms with van der Waals surface area (Å²) in [7, 11) is 3.20. The third-order valence-corrected chi connectivity index (χ3v) is 4.46. The number of hydrogen-bond donors (Lipinski definition) is 1. The summed E-state index contributed by atoms with van der Waals surface area (Å²) in [5, 5.41) is 0. The molecular weight excluding hydrogens is 304 g/mol. The van der Waals surface area contributed by atoms with Crippen LogP contribution in [-0.2, 0) is 11.3 Å². The molecule has 2 atom stereocenters. The van der Waals surface area contributed by atoms with Crippen LogP contribution in [-0.4, -0.2) is 31.1 Å². The molecule has 0 spiro atoms. The van der Waals surface area contributed by atoms with E-state index < -0.39 is 6.04 Å². The number of benzene rings is 2. The van der Waals surface area contributed by atoms with Gasteiger partial charge in [0, 0.05) is 6.54 Å². The molecule has 1 fully saturated rings. The van der Waals surface area contributed by atoms with Crippen molar-refractivity contribution < 1.29 is 14.3 Å². The lowest BCUT2D eigenvalue weighted by molar-refractivity contribution is -0.150. The zero-order chi connectivity index (χ0) is 17.3. The van der Waals surface area contributed by atoms with E-state index >= 15 is 0 Å². The van der Waals surface area contributed by atoms with Gasteiger partial charge in [-0.25, -0.2) is 0 Å². The molecule has 1 amide bonds. The molecule has 0 unspecified atom stereocenters. The number of carbonyl (C=O) groups is 1. The smallest absolute Gasteiger partial charge is 0.242 e. The Kier molecular flexibility index (Phi) is 4.44. The van der Waals surface area contributed by atoms with Crippen molar-refractivity contribution in [3.63, 3.8) is 0 Å². The molecule has 1 saturated heterocycles. The van der Waals surface area contributed by atoms with Crippen molar-refractivity contribution in [1.29, 1.82) is 0 Å².